The second-order valence-corrected chi connectivity index (χ2v) is 10.3. The summed E-state index contributed by atoms with van der Waals surface area (Å²) >= 11 is 0. The minimum absolute atomic E-state index is 0.0587. The number of ether oxygens (including phenoxy) is 1. The van der Waals surface area contributed by atoms with E-state index in [1.165, 1.54) is 10.8 Å². The third-order valence-corrected chi connectivity index (χ3v) is 8.59. The molecule has 0 saturated carbocycles. The minimum atomic E-state index is -0.697. The molecule has 0 bridgehead atoms. The molecule has 35 heavy (non-hydrogen) atoms. The summed E-state index contributed by atoms with van der Waals surface area (Å²) in [7, 11) is 0. The molecule has 0 aliphatic heterocycles. The number of carboxylic acids is 1. The van der Waals surface area contributed by atoms with Crippen molar-refractivity contribution in [3.05, 3.63) is 16.7 Å². The lowest BCUT2D eigenvalue weighted by atomic mass is 9.74. The third-order valence-electron chi connectivity index (χ3n) is 8.59. The van der Waals surface area contributed by atoms with Crippen molar-refractivity contribution in [2.75, 3.05) is 13.2 Å². The molecule has 7 nitrogen and oxygen atoms in total. The predicted octanol–water partition coefficient (Wildman–Crippen LogP) is 6.60. The van der Waals surface area contributed by atoms with Crippen LogP contribution in [0, 0.1) is 10.8 Å². The van der Waals surface area contributed by atoms with E-state index in [1.807, 2.05) is 6.92 Å². The highest BCUT2D eigenvalue weighted by Gasteiger charge is 2.27. The van der Waals surface area contributed by atoms with Crippen LogP contribution in [-0.2, 0) is 22.6 Å². The Kier molecular flexibility index (Phi) is 14.4. The van der Waals surface area contributed by atoms with Gasteiger partial charge in [-0.1, -0.05) is 66.2 Å². The highest BCUT2D eigenvalue weighted by molar-refractivity contribution is 5.66. The molecule has 0 aliphatic rings. The van der Waals surface area contributed by atoms with Gasteiger partial charge in [0.05, 0.1) is 6.20 Å². The van der Waals surface area contributed by atoms with Gasteiger partial charge in [-0.25, -0.2) is 4.79 Å². The van der Waals surface area contributed by atoms with Gasteiger partial charge in [0.2, 0.25) is 5.88 Å². The number of aliphatic carboxylic acids is 1. The van der Waals surface area contributed by atoms with E-state index in [-0.39, 0.29) is 28.8 Å². The van der Waals surface area contributed by atoms with E-state index in [4.69, 9.17) is 9.84 Å². The maximum Gasteiger partial charge on any atom is 0.331 e. The molecule has 0 atom stereocenters. The summed E-state index contributed by atoms with van der Waals surface area (Å²) in [5.41, 5.74) is 0.208. The zero-order valence-corrected chi connectivity index (χ0v) is 23.1. The largest absolute Gasteiger partial charge is 0.493 e. The van der Waals surface area contributed by atoms with Crippen LogP contribution in [0.15, 0.2) is 11.0 Å². The molecule has 1 aromatic heterocycles. The van der Waals surface area contributed by atoms with E-state index in [0.717, 1.165) is 90.3 Å². The molecule has 0 unspecified atom stereocenters. The summed E-state index contributed by atoms with van der Waals surface area (Å²) in [6.45, 7) is 13.4. The van der Waals surface area contributed by atoms with Gasteiger partial charge in [-0.3, -0.25) is 13.9 Å². The topological polar surface area (TPSA) is 93.7 Å². The fourth-order valence-electron chi connectivity index (χ4n) is 5.35. The van der Waals surface area contributed by atoms with Crippen LogP contribution < -0.4 is 5.69 Å². The smallest absolute Gasteiger partial charge is 0.331 e. The van der Waals surface area contributed by atoms with Crippen LogP contribution in [0.3, 0.4) is 0 Å². The average Bonchev–Trinajstić information content (AvgIpc) is 3.14. The van der Waals surface area contributed by atoms with Crippen LogP contribution in [-0.4, -0.2) is 38.5 Å². The summed E-state index contributed by atoms with van der Waals surface area (Å²) in [5.74, 6) is -0.638. The van der Waals surface area contributed by atoms with Gasteiger partial charge in [0.25, 0.3) is 0 Å². The van der Waals surface area contributed by atoms with Gasteiger partial charge in [0.1, 0.15) is 0 Å². The number of aryl methyl sites for hydroxylation is 1. The first kappa shape index (κ1) is 31.3. The zero-order chi connectivity index (χ0) is 26.3. The maximum absolute atomic E-state index is 12.4. The molecule has 1 aromatic rings. The van der Waals surface area contributed by atoms with Gasteiger partial charge >= 0.3 is 11.7 Å². The molecule has 1 rings (SSSR count). The number of unbranched alkanes of at least 4 members (excludes halogenated alkanes) is 2. The quantitative estimate of drug-likeness (QED) is 0.187. The molecule has 0 amide bonds. The van der Waals surface area contributed by atoms with Gasteiger partial charge in [0, 0.05) is 32.7 Å². The van der Waals surface area contributed by atoms with E-state index in [9.17, 15) is 14.7 Å². The van der Waals surface area contributed by atoms with Gasteiger partial charge in [-0.15, -0.1) is 0 Å². The summed E-state index contributed by atoms with van der Waals surface area (Å²) < 4.78 is 8.94. The molecular weight excluding hydrogens is 444 g/mol. The molecule has 2 N–H and O–H groups in total. The Morgan fingerprint density at radius 2 is 1.37 bits per heavy atom. The fraction of sp³-hybridized carbons (Fsp3) is 0.857. The normalized spacial score (nSPS) is 12.4. The van der Waals surface area contributed by atoms with Crippen molar-refractivity contribution in [2.24, 2.45) is 10.8 Å². The average molecular weight is 497 g/mol. The number of carbonyl (C=O) groups is 1. The lowest BCUT2D eigenvalue weighted by molar-refractivity contribution is -0.137. The van der Waals surface area contributed by atoms with Crippen molar-refractivity contribution < 1.29 is 19.7 Å². The van der Waals surface area contributed by atoms with Crippen LogP contribution in [0.1, 0.15) is 118 Å². The number of imidazole rings is 1. The zero-order valence-electron chi connectivity index (χ0n) is 23.1. The summed E-state index contributed by atoms with van der Waals surface area (Å²) in [6, 6.07) is 0. The Hall–Kier alpha value is -1.76. The summed E-state index contributed by atoms with van der Waals surface area (Å²) in [4.78, 5) is 23.4. The van der Waals surface area contributed by atoms with Crippen molar-refractivity contribution in [3.8, 4) is 5.88 Å². The number of aromatic hydroxyl groups is 1. The summed E-state index contributed by atoms with van der Waals surface area (Å²) in [5, 5.41) is 19.2. The van der Waals surface area contributed by atoms with E-state index >= 15 is 0 Å². The van der Waals surface area contributed by atoms with Crippen LogP contribution in [0.25, 0.3) is 0 Å². The van der Waals surface area contributed by atoms with Gasteiger partial charge in [-0.2, -0.15) is 0 Å². The van der Waals surface area contributed by atoms with E-state index in [1.54, 1.807) is 4.57 Å². The Morgan fingerprint density at radius 3 is 1.80 bits per heavy atom. The first-order chi connectivity index (χ1) is 16.7. The van der Waals surface area contributed by atoms with Crippen molar-refractivity contribution in [1.29, 1.82) is 0 Å². The van der Waals surface area contributed by atoms with E-state index in [0.29, 0.717) is 13.1 Å². The Labute approximate surface area is 212 Å². The molecule has 1 heterocycles. The molecule has 0 fully saturated rings. The number of rotatable bonds is 21. The first-order valence-corrected chi connectivity index (χ1v) is 14.0. The van der Waals surface area contributed by atoms with Gasteiger partial charge < -0.3 is 14.9 Å². The second kappa shape index (κ2) is 16.1. The second-order valence-electron chi connectivity index (χ2n) is 10.3. The molecular formula is C28H52N2O5. The van der Waals surface area contributed by atoms with Crippen LogP contribution in [0.5, 0.6) is 5.88 Å². The maximum atomic E-state index is 12.4. The van der Waals surface area contributed by atoms with E-state index < -0.39 is 5.97 Å². The lowest BCUT2D eigenvalue weighted by Crippen LogP contribution is -2.27. The van der Waals surface area contributed by atoms with Crippen LogP contribution >= 0.6 is 0 Å². The molecule has 0 aromatic carbocycles. The highest BCUT2D eigenvalue weighted by atomic mass is 16.5. The Bertz CT molecular complexity index is 775. The van der Waals surface area contributed by atoms with Crippen molar-refractivity contribution in [2.45, 2.75) is 131 Å². The minimum Gasteiger partial charge on any atom is -0.493 e. The molecule has 0 spiro atoms. The molecule has 0 saturated heterocycles. The van der Waals surface area contributed by atoms with Gasteiger partial charge in [-0.05, 0) is 56.3 Å². The number of carboxylic acid groups (broad SMARTS) is 1. The van der Waals surface area contributed by atoms with Crippen molar-refractivity contribution >= 4 is 5.97 Å². The lowest BCUT2D eigenvalue weighted by Gasteiger charge is -2.32. The standard InChI is InChI=1S/C28H52N2O5/c1-6-27(7-2,18-15-25(32)33)16-11-13-21-35-22-14-12-17-28(8-3,9-4)19-20-30-24(31)23-29(10-5)26(30)34/h23,31H,6-22H2,1-5H3,(H,32,33). The molecule has 0 radical (unpaired) electrons. The number of nitrogens with zero attached hydrogens (tertiary/aromatic N) is 2. The van der Waals surface area contributed by atoms with Crippen LogP contribution in [0.2, 0.25) is 0 Å². The monoisotopic (exact) mass is 496 g/mol. The van der Waals surface area contributed by atoms with Crippen molar-refractivity contribution in [3.63, 3.8) is 0 Å². The highest BCUT2D eigenvalue weighted by Crippen LogP contribution is 2.38. The summed E-state index contributed by atoms with van der Waals surface area (Å²) in [6.07, 6.45) is 14.1. The van der Waals surface area contributed by atoms with Crippen molar-refractivity contribution in [1.82, 2.24) is 9.13 Å². The Balaban J connectivity index is 2.33. The van der Waals surface area contributed by atoms with E-state index in [2.05, 4.69) is 27.7 Å². The predicted molar refractivity (Wildman–Crippen MR) is 142 cm³/mol. The molecule has 7 heteroatoms. The molecule has 0 aliphatic carbocycles. The number of hydrogen-bond donors (Lipinski definition) is 2. The molecule has 204 valence electrons. The third kappa shape index (κ3) is 10.0. The first-order valence-electron chi connectivity index (χ1n) is 14.0. The van der Waals surface area contributed by atoms with Crippen LogP contribution in [0.4, 0.5) is 0 Å². The van der Waals surface area contributed by atoms with Gasteiger partial charge in [0.15, 0.2) is 0 Å². The fourth-order valence-corrected chi connectivity index (χ4v) is 5.35. The Morgan fingerprint density at radius 1 is 0.857 bits per heavy atom. The number of hydrogen-bond acceptors (Lipinski definition) is 4. The number of aromatic nitrogens is 2. The SMILES string of the molecule is CCn1cc(O)n(CCC(CC)(CC)CCCCOCCCCC(CC)(CC)CCC(=O)O)c1=O.